The number of methoxy groups -OCH3 is 1. The molecule has 0 aliphatic rings. The Balaban J connectivity index is 2.37. The van der Waals surface area contributed by atoms with Crippen LogP contribution in [0.25, 0.3) is 0 Å². The van der Waals surface area contributed by atoms with Crippen LogP contribution >= 0.6 is 11.8 Å². The highest BCUT2D eigenvalue weighted by Crippen LogP contribution is 2.34. The van der Waals surface area contributed by atoms with E-state index in [1.54, 1.807) is 31.4 Å². The maximum Gasteiger partial charge on any atom is 0.339 e. The Labute approximate surface area is 119 Å². The number of carbonyl (C=O) groups is 1. The SMILES string of the molecule is COc1ccc(Sc2ccc(F)c(N)c2C(=O)O)cc1. The number of hydrogen-bond donors (Lipinski definition) is 2. The van der Waals surface area contributed by atoms with E-state index in [0.717, 1.165) is 11.0 Å². The van der Waals surface area contributed by atoms with Gasteiger partial charge in [0.2, 0.25) is 0 Å². The number of carboxylic acids is 1. The molecule has 0 bridgehead atoms. The van der Waals surface area contributed by atoms with E-state index in [9.17, 15) is 9.18 Å². The van der Waals surface area contributed by atoms with Crippen molar-refractivity contribution >= 4 is 23.4 Å². The summed E-state index contributed by atoms with van der Waals surface area (Å²) in [5, 5.41) is 9.15. The quantitative estimate of drug-likeness (QED) is 0.846. The number of carboxylic acid groups (broad SMARTS) is 1. The van der Waals surface area contributed by atoms with Gasteiger partial charge in [0.1, 0.15) is 11.6 Å². The van der Waals surface area contributed by atoms with E-state index in [4.69, 9.17) is 15.6 Å². The monoisotopic (exact) mass is 293 g/mol. The van der Waals surface area contributed by atoms with Crippen LogP contribution in [-0.2, 0) is 0 Å². The number of halogens is 1. The highest BCUT2D eigenvalue weighted by molar-refractivity contribution is 7.99. The van der Waals surface area contributed by atoms with Crippen molar-refractivity contribution in [2.45, 2.75) is 9.79 Å². The zero-order chi connectivity index (χ0) is 14.7. The van der Waals surface area contributed by atoms with Crippen molar-refractivity contribution in [2.24, 2.45) is 0 Å². The highest BCUT2D eigenvalue weighted by Gasteiger charge is 2.18. The summed E-state index contributed by atoms with van der Waals surface area (Å²) in [5.41, 5.74) is 4.93. The lowest BCUT2D eigenvalue weighted by molar-refractivity contribution is 0.0694. The summed E-state index contributed by atoms with van der Waals surface area (Å²) in [5.74, 6) is -1.29. The topological polar surface area (TPSA) is 72.5 Å². The molecule has 0 aromatic heterocycles. The number of rotatable bonds is 4. The van der Waals surface area contributed by atoms with Crippen LogP contribution in [0.2, 0.25) is 0 Å². The van der Waals surface area contributed by atoms with E-state index in [0.29, 0.717) is 10.6 Å². The molecular formula is C14H12FNO3S. The lowest BCUT2D eigenvalue weighted by Gasteiger charge is -2.09. The summed E-state index contributed by atoms with van der Waals surface area (Å²) in [6, 6.07) is 9.66. The van der Waals surface area contributed by atoms with Crippen LogP contribution < -0.4 is 10.5 Å². The molecule has 0 unspecified atom stereocenters. The molecule has 0 amide bonds. The summed E-state index contributed by atoms with van der Waals surface area (Å²) in [4.78, 5) is 12.4. The molecule has 0 aliphatic heterocycles. The summed E-state index contributed by atoms with van der Waals surface area (Å²) < 4.78 is 18.4. The van der Waals surface area contributed by atoms with Crippen LogP contribution in [0.15, 0.2) is 46.2 Å². The molecule has 2 aromatic rings. The molecule has 0 radical (unpaired) electrons. The van der Waals surface area contributed by atoms with Crippen LogP contribution in [0, 0.1) is 5.82 Å². The zero-order valence-corrected chi connectivity index (χ0v) is 11.4. The standard InChI is InChI=1S/C14H12FNO3S/c1-19-8-2-4-9(5-3-8)20-11-7-6-10(15)13(16)12(11)14(17)18/h2-7H,16H2,1H3,(H,17,18). The molecule has 104 valence electrons. The molecule has 0 heterocycles. The molecule has 0 aliphatic carbocycles. The van der Waals surface area contributed by atoms with Crippen molar-refractivity contribution in [2.75, 3.05) is 12.8 Å². The number of aromatic carboxylic acids is 1. The summed E-state index contributed by atoms with van der Waals surface area (Å²) in [6.45, 7) is 0. The van der Waals surface area contributed by atoms with Crippen molar-refractivity contribution in [1.29, 1.82) is 0 Å². The van der Waals surface area contributed by atoms with Gasteiger partial charge in [-0.15, -0.1) is 0 Å². The zero-order valence-electron chi connectivity index (χ0n) is 10.6. The lowest BCUT2D eigenvalue weighted by Crippen LogP contribution is -2.06. The minimum Gasteiger partial charge on any atom is -0.497 e. The fraction of sp³-hybridized carbons (Fsp3) is 0.0714. The van der Waals surface area contributed by atoms with E-state index in [2.05, 4.69) is 0 Å². The summed E-state index contributed by atoms with van der Waals surface area (Å²) >= 11 is 1.20. The number of ether oxygens (including phenoxy) is 1. The normalized spacial score (nSPS) is 10.3. The first-order valence-corrected chi connectivity index (χ1v) is 6.47. The van der Waals surface area contributed by atoms with Gasteiger partial charge in [0, 0.05) is 9.79 Å². The Hall–Kier alpha value is -2.21. The van der Waals surface area contributed by atoms with Gasteiger partial charge >= 0.3 is 5.97 Å². The van der Waals surface area contributed by atoms with Crippen molar-refractivity contribution in [1.82, 2.24) is 0 Å². The van der Waals surface area contributed by atoms with Crippen LogP contribution in [0.3, 0.4) is 0 Å². The second-order valence-corrected chi connectivity index (χ2v) is 5.03. The van der Waals surface area contributed by atoms with Gasteiger partial charge in [-0.05, 0) is 36.4 Å². The van der Waals surface area contributed by atoms with Crippen LogP contribution in [0.4, 0.5) is 10.1 Å². The molecule has 0 spiro atoms. The minimum atomic E-state index is -1.25. The molecule has 3 N–H and O–H groups in total. The van der Waals surface area contributed by atoms with E-state index >= 15 is 0 Å². The lowest BCUT2D eigenvalue weighted by atomic mass is 10.2. The Morgan fingerprint density at radius 3 is 2.45 bits per heavy atom. The highest BCUT2D eigenvalue weighted by atomic mass is 32.2. The molecule has 6 heteroatoms. The van der Waals surface area contributed by atoms with E-state index in [1.807, 2.05) is 0 Å². The van der Waals surface area contributed by atoms with E-state index in [-0.39, 0.29) is 11.3 Å². The van der Waals surface area contributed by atoms with Crippen molar-refractivity contribution in [3.05, 3.63) is 47.8 Å². The first kappa shape index (κ1) is 14.2. The van der Waals surface area contributed by atoms with Gasteiger partial charge in [0.15, 0.2) is 0 Å². The number of benzene rings is 2. The Kier molecular flexibility index (Phi) is 4.14. The van der Waals surface area contributed by atoms with E-state index in [1.165, 1.54) is 17.8 Å². The maximum atomic E-state index is 13.3. The smallest absolute Gasteiger partial charge is 0.339 e. The number of hydrogen-bond acceptors (Lipinski definition) is 4. The number of nitrogen functional groups attached to an aromatic ring is 1. The maximum absolute atomic E-state index is 13.3. The van der Waals surface area contributed by atoms with Gasteiger partial charge in [-0.3, -0.25) is 0 Å². The van der Waals surface area contributed by atoms with Crippen LogP contribution in [-0.4, -0.2) is 18.2 Å². The van der Waals surface area contributed by atoms with Gasteiger partial charge in [-0.25, -0.2) is 9.18 Å². The van der Waals surface area contributed by atoms with Crippen molar-refractivity contribution in [3.63, 3.8) is 0 Å². The molecule has 0 fully saturated rings. The third kappa shape index (κ3) is 2.85. The molecule has 2 aromatic carbocycles. The Bertz CT molecular complexity index is 644. The molecular weight excluding hydrogens is 281 g/mol. The fourth-order valence-corrected chi connectivity index (χ4v) is 2.61. The van der Waals surface area contributed by atoms with Crippen LogP contribution in [0.1, 0.15) is 10.4 Å². The summed E-state index contributed by atoms with van der Waals surface area (Å²) in [6.07, 6.45) is 0. The predicted molar refractivity (Wildman–Crippen MR) is 74.9 cm³/mol. The molecule has 4 nitrogen and oxygen atoms in total. The summed E-state index contributed by atoms with van der Waals surface area (Å²) in [7, 11) is 1.56. The molecule has 0 atom stereocenters. The Morgan fingerprint density at radius 1 is 1.25 bits per heavy atom. The average Bonchev–Trinajstić information content (AvgIpc) is 2.43. The predicted octanol–water partition coefficient (Wildman–Crippen LogP) is 3.27. The molecule has 2 rings (SSSR count). The number of anilines is 1. The minimum absolute atomic E-state index is 0.217. The second-order valence-electron chi connectivity index (χ2n) is 3.92. The fourth-order valence-electron chi connectivity index (χ4n) is 1.65. The molecule has 0 saturated heterocycles. The van der Waals surface area contributed by atoms with Crippen LogP contribution in [0.5, 0.6) is 5.75 Å². The van der Waals surface area contributed by atoms with Crippen molar-refractivity contribution in [3.8, 4) is 5.75 Å². The third-order valence-electron chi connectivity index (χ3n) is 2.66. The van der Waals surface area contributed by atoms with Gasteiger partial charge in [-0.2, -0.15) is 0 Å². The largest absolute Gasteiger partial charge is 0.497 e. The van der Waals surface area contributed by atoms with Gasteiger partial charge in [0.05, 0.1) is 18.4 Å². The van der Waals surface area contributed by atoms with Gasteiger partial charge in [-0.1, -0.05) is 11.8 Å². The second kappa shape index (κ2) is 5.83. The Morgan fingerprint density at radius 2 is 1.90 bits per heavy atom. The third-order valence-corrected chi connectivity index (χ3v) is 3.72. The average molecular weight is 293 g/mol. The van der Waals surface area contributed by atoms with Gasteiger partial charge in [0.25, 0.3) is 0 Å². The van der Waals surface area contributed by atoms with E-state index < -0.39 is 11.8 Å². The van der Waals surface area contributed by atoms with Crippen molar-refractivity contribution < 1.29 is 19.0 Å². The molecule has 0 saturated carbocycles. The molecule has 20 heavy (non-hydrogen) atoms. The number of nitrogens with two attached hydrogens (primary N) is 1. The van der Waals surface area contributed by atoms with Gasteiger partial charge < -0.3 is 15.6 Å². The first-order chi connectivity index (χ1) is 9.52. The first-order valence-electron chi connectivity index (χ1n) is 5.66.